The van der Waals surface area contributed by atoms with Crippen molar-refractivity contribution in [2.75, 3.05) is 13.0 Å². The molecule has 21 heavy (non-hydrogen) atoms. The van der Waals surface area contributed by atoms with Gasteiger partial charge in [-0.1, -0.05) is 13.3 Å². The number of hydrogen-bond donors (Lipinski definition) is 0. The number of aryl methyl sites for hydroxylation is 1. The third-order valence-electron chi connectivity index (χ3n) is 4.60. The quantitative estimate of drug-likeness (QED) is 0.772. The van der Waals surface area contributed by atoms with Gasteiger partial charge in [0.1, 0.15) is 11.6 Å². The largest absolute Gasteiger partial charge is 0.497 e. The van der Waals surface area contributed by atoms with Crippen LogP contribution in [0.3, 0.4) is 0 Å². The van der Waals surface area contributed by atoms with E-state index in [1.54, 1.807) is 7.11 Å². The van der Waals surface area contributed by atoms with Crippen molar-refractivity contribution in [1.82, 2.24) is 9.55 Å². The molecule has 1 saturated carbocycles. The second kappa shape index (κ2) is 6.27. The predicted octanol–water partition coefficient (Wildman–Crippen LogP) is 4.26. The lowest BCUT2D eigenvalue weighted by molar-refractivity contribution is 0.414. The van der Waals surface area contributed by atoms with Crippen molar-refractivity contribution < 1.29 is 4.74 Å². The number of fused-ring (bicyclic) bond motifs is 1. The van der Waals surface area contributed by atoms with E-state index in [0.29, 0.717) is 5.88 Å². The Labute approximate surface area is 131 Å². The Morgan fingerprint density at radius 2 is 2.24 bits per heavy atom. The highest BCUT2D eigenvalue weighted by Crippen LogP contribution is 2.33. The van der Waals surface area contributed by atoms with Crippen LogP contribution in [0.1, 0.15) is 32.0 Å². The zero-order valence-corrected chi connectivity index (χ0v) is 13.6. The highest BCUT2D eigenvalue weighted by Gasteiger charge is 2.23. The molecule has 1 aliphatic carbocycles. The van der Waals surface area contributed by atoms with E-state index in [1.165, 1.54) is 24.8 Å². The number of halogens is 1. The molecule has 1 aromatic heterocycles. The minimum atomic E-state index is 0.613. The first kappa shape index (κ1) is 14.7. The summed E-state index contributed by atoms with van der Waals surface area (Å²) in [6.45, 7) is 3.41. The molecule has 0 amide bonds. The normalized spacial score (nSPS) is 22.0. The molecule has 1 fully saturated rings. The third-order valence-corrected chi connectivity index (χ3v) is 4.79. The summed E-state index contributed by atoms with van der Waals surface area (Å²) >= 11 is 5.96. The van der Waals surface area contributed by atoms with Gasteiger partial charge in [-0.05, 0) is 36.8 Å². The van der Waals surface area contributed by atoms with Gasteiger partial charge in [0.2, 0.25) is 0 Å². The van der Waals surface area contributed by atoms with Crippen LogP contribution in [0.4, 0.5) is 0 Å². The second-order valence-electron chi connectivity index (χ2n) is 6.22. The maximum atomic E-state index is 5.96. The van der Waals surface area contributed by atoms with Crippen LogP contribution >= 0.6 is 11.6 Å². The van der Waals surface area contributed by atoms with Crippen LogP contribution in [0.2, 0.25) is 0 Å². The van der Waals surface area contributed by atoms with E-state index >= 15 is 0 Å². The molecule has 0 aliphatic heterocycles. The number of nitrogens with zero attached hydrogens (tertiary/aromatic N) is 2. The number of aromatic nitrogens is 2. The minimum Gasteiger partial charge on any atom is -0.497 e. The van der Waals surface area contributed by atoms with Crippen LogP contribution in [-0.2, 0) is 13.0 Å². The number of hydrogen-bond acceptors (Lipinski definition) is 2. The average Bonchev–Trinajstić information content (AvgIpc) is 3.04. The molecule has 3 nitrogen and oxygen atoms in total. The monoisotopic (exact) mass is 306 g/mol. The topological polar surface area (TPSA) is 27.1 Å². The van der Waals surface area contributed by atoms with E-state index in [4.69, 9.17) is 21.3 Å². The highest BCUT2D eigenvalue weighted by molar-refractivity contribution is 6.17. The van der Waals surface area contributed by atoms with E-state index in [-0.39, 0.29) is 0 Å². The fourth-order valence-electron chi connectivity index (χ4n) is 3.51. The first-order chi connectivity index (χ1) is 10.2. The number of benzene rings is 1. The van der Waals surface area contributed by atoms with Gasteiger partial charge in [-0.25, -0.2) is 4.98 Å². The molecule has 0 radical (unpaired) electrons. The lowest BCUT2D eigenvalue weighted by atomic mass is 10.1. The van der Waals surface area contributed by atoms with Crippen LogP contribution in [0.5, 0.6) is 5.75 Å². The molecular formula is C17H23ClN2O. The summed E-state index contributed by atoms with van der Waals surface area (Å²) in [7, 11) is 1.71. The number of ether oxygens (including phenoxy) is 1. The molecule has 3 rings (SSSR count). The second-order valence-corrected chi connectivity index (χ2v) is 6.59. The average molecular weight is 307 g/mol. The van der Waals surface area contributed by atoms with Gasteiger partial charge in [-0.3, -0.25) is 0 Å². The Hall–Kier alpha value is -1.22. The molecule has 4 heteroatoms. The van der Waals surface area contributed by atoms with Crippen LogP contribution in [-0.4, -0.2) is 22.5 Å². The van der Waals surface area contributed by atoms with Gasteiger partial charge in [0.15, 0.2) is 0 Å². The van der Waals surface area contributed by atoms with Crippen LogP contribution in [0.25, 0.3) is 11.0 Å². The third kappa shape index (κ3) is 3.03. The first-order valence-electron chi connectivity index (χ1n) is 7.80. The molecule has 0 spiro atoms. The summed E-state index contributed by atoms with van der Waals surface area (Å²) in [5.41, 5.74) is 2.22. The maximum Gasteiger partial charge on any atom is 0.121 e. The van der Waals surface area contributed by atoms with Gasteiger partial charge in [-0.2, -0.15) is 0 Å². The number of imidazole rings is 1. The summed E-state index contributed by atoms with van der Waals surface area (Å²) in [6, 6.07) is 6.11. The SMILES string of the molecule is COc1ccc2nc(CCCl)n(CC3CCC(C)C3)c2c1. The molecule has 1 heterocycles. The summed E-state index contributed by atoms with van der Waals surface area (Å²) in [5.74, 6) is 4.23. The Morgan fingerprint density at radius 3 is 2.90 bits per heavy atom. The predicted molar refractivity (Wildman–Crippen MR) is 87.2 cm³/mol. The highest BCUT2D eigenvalue weighted by atomic mass is 35.5. The molecule has 2 atom stereocenters. The Balaban J connectivity index is 1.97. The van der Waals surface area contributed by atoms with Crippen molar-refractivity contribution in [3.8, 4) is 5.75 Å². The summed E-state index contributed by atoms with van der Waals surface area (Å²) in [4.78, 5) is 4.76. The Kier molecular flexibility index (Phi) is 4.39. The maximum absolute atomic E-state index is 5.96. The van der Waals surface area contributed by atoms with Gasteiger partial charge in [0.25, 0.3) is 0 Å². The van der Waals surface area contributed by atoms with Crippen molar-refractivity contribution in [1.29, 1.82) is 0 Å². The standard InChI is InChI=1S/C17H23ClN2O/c1-12-3-4-13(9-12)11-20-16-10-14(21-2)5-6-15(16)19-17(20)7-8-18/h5-6,10,12-13H,3-4,7-9,11H2,1-2H3. The minimum absolute atomic E-state index is 0.613. The molecule has 2 unspecified atom stereocenters. The zero-order valence-electron chi connectivity index (χ0n) is 12.8. The van der Waals surface area contributed by atoms with E-state index < -0.39 is 0 Å². The number of rotatable bonds is 5. The van der Waals surface area contributed by atoms with E-state index in [9.17, 15) is 0 Å². The van der Waals surface area contributed by atoms with E-state index in [0.717, 1.165) is 41.9 Å². The molecule has 0 N–H and O–H groups in total. The van der Waals surface area contributed by atoms with Gasteiger partial charge in [0, 0.05) is 24.9 Å². The van der Waals surface area contributed by atoms with Gasteiger partial charge >= 0.3 is 0 Å². The van der Waals surface area contributed by atoms with E-state index in [2.05, 4.69) is 17.6 Å². The molecule has 114 valence electrons. The Morgan fingerprint density at radius 1 is 1.38 bits per heavy atom. The van der Waals surface area contributed by atoms with Crippen LogP contribution in [0, 0.1) is 11.8 Å². The number of methoxy groups -OCH3 is 1. The van der Waals surface area contributed by atoms with Crippen molar-refractivity contribution >= 4 is 22.6 Å². The summed E-state index contributed by atoms with van der Waals surface area (Å²) in [5, 5.41) is 0. The first-order valence-corrected chi connectivity index (χ1v) is 8.33. The molecular weight excluding hydrogens is 284 g/mol. The summed E-state index contributed by atoms with van der Waals surface area (Å²) in [6.07, 6.45) is 4.82. The van der Waals surface area contributed by atoms with Gasteiger partial charge in [0.05, 0.1) is 18.1 Å². The van der Waals surface area contributed by atoms with E-state index in [1.807, 2.05) is 12.1 Å². The zero-order chi connectivity index (χ0) is 14.8. The fourth-order valence-corrected chi connectivity index (χ4v) is 3.68. The number of alkyl halides is 1. The van der Waals surface area contributed by atoms with Gasteiger partial charge < -0.3 is 9.30 Å². The van der Waals surface area contributed by atoms with Gasteiger partial charge in [-0.15, -0.1) is 11.6 Å². The lowest BCUT2D eigenvalue weighted by Crippen LogP contribution is -2.11. The smallest absolute Gasteiger partial charge is 0.121 e. The molecule has 0 saturated heterocycles. The molecule has 1 aromatic carbocycles. The Bertz CT molecular complexity index is 623. The van der Waals surface area contributed by atoms with Crippen molar-refractivity contribution in [2.45, 2.75) is 39.2 Å². The molecule has 0 bridgehead atoms. The van der Waals surface area contributed by atoms with Crippen LogP contribution < -0.4 is 4.74 Å². The lowest BCUT2D eigenvalue weighted by Gasteiger charge is -2.14. The molecule has 2 aromatic rings. The van der Waals surface area contributed by atoms with Crippen molar-refractivity contribution in [3.05, 3.63) is 24.0 Å². The van der Waals surface area contributed by atoms with Crippen LogP contribution in [0.15, 0.2) is 18.2 Å². The molecule has 1 aliphatic rings. The summed E-state index contributed by atoms with van der Waals surface area (Å²) < 4.78 is 7.73. The fraction of sp³-hybridized carbons (Fsp3) is 0.588. The van der Waals surface area contributed by atoms with Crippen molar-refractivity contribution in [3.63, 3.8) is 0 Å². The van der Waals surface area contributed by atoms with Crippen molar-refractivity contribution in [2.24, 2.45) is 11.8 Å².